The van der Waals surface area contributed by atoms with Gasteiger partial charge in [0.2, 0.25) is 0 Å². The van der Waals surface area contributed by atoms with Gasteiger partial charge in [-0.15, -0.1) is 0 Å². The third-order valence-corrected chi connectivity index (χ3v) is 4.47. The number of carbonyl (C=O) groups excluding carboxylic acids is 1. The lowest BCUT2D eigenvalue weighted by Crippen LogP contribution is -2.11. The fraction of sp³-hybridized carbons (Fsp3) is 0.176. The van der Waals surface area contributed by atoms with Crippen LogP contribution in [0.3, 0.4) is 0 Å². The first-order valence-corrected chi connectivity index (χ1v) is 7.98. The van der Waals surface area contributed by atoms with E-state index in [1.54, 1.807) is 30.9 Å². The second kappa shape index (κ2) is 6.34. The molecule has 23 heavy (non-hydrogen) atoms. The van der Waals surface area contributed by atoms with Gasteiger partial charge in [-0.3, -0.25) is 4.79 Å². The number of rotatable bonds is 4. The molecule has 3 aromatic rings. The van der Waals surface area contributed by atoms with E-state index in [0.717, 1.165) is 21.5 Å². The fourth-order valence-corrected chi connectivity index (χ4v) is 3.02. The number of amides is 1. The number of furan rings is 1. The first kappa shape index (κ1) is 15.4. The molecule has 1 amide bonds. The largest absolute Gasteiger partial charge is 0.466 e. The second-order valence-electron chi connectivity index (χ2n) is 5.23. The van der Waals surface area contributed by atoms with Crippen LogP contribution < -0.4 is 5.32 Å². The number of carbonyl (C=O) groups is 1. The van der Waals surface area contributed by atoms with E-state index in [2.05, 4.69) is 10.3 Å². The average Bonchev–Trinajstić information content (AvgIpc) is 3.07. The molecule has 0 bridgehead atoms. The van der Waals surface area contributed by atoms with E-state index in [-0.39, 0.29) is 5.91 Å². The highest BCUT2D eigenvalue weighted by Crippen LogP contribution is 2.27. The van der Waals surface area contributed by atoms with Crippen molar-refractivity contribution in [2.45, 2.75) is 23.9 Å². The van der Waals surface area contributed by atoms with Crippen molar-refractivity contribution in [3.05, 3.63) is 59.8 Å². The normalized spacial score (nSPS) is 10.7. The van der Waals surface area contributed by atoms with E-state index in [0.29, 0.717) is 11.3 Å². The Kier molecular flexibility index (Phi) is 4.25. The Morgan fingerprint density at radius 1 is 1.26 bits per heavy atom. The molecule has 0 radical (unpaired) electrons. The Morgan fingerprint density at radius 2 is 2.00 bits per heavy atom. The Morgan fingerprint density at radius 3 is 2.57 bits per heavy atom. The summed E-state index contributed by atoms with van der Waals surface area (Å²) in [7, 11) is 1.96. The van der Waals surface area contributed by atoms with Gasteiger partial charge in [-0.2, -0.15) is 0 Å². The molecular weight excluding hydrogens is 310 g/mol. The minimum atomic E-state index is -0.163. The number of anilines is 1. The van der Waals surface area contributed by atoms with Crippen molar-refractivity contribution in [1.82, 2.24) is 9.55 Å². The van der Waals surface area contributed by atoms with Crippen LogP contribution in [0.2, 0.25) is 0 Å². The van der Waals surface area contributed by atoms with Gasteiger partial charge in [0.1, 0.15) is 11.5 Å². The zero-order chi connectivity index (χ0) is 16.4. The summed E-state index contributed by atoms with van der Waals surface area (Å²) in [5, 5.41) is 3.80. The van der Waals surface area contributed by atoms with Crippen LogP contribution in [0, 0.1) is 13.8 Å². The van der Waals surface area contributed by atoms with Gasteiger partial charge in [-0.25, -0.2) is 4.98 Å². The third-order valence-electron chi connectivity index (χ3n) is 3.38. The van der Waals surface area contributed by atoms with Gasteiger partial charge in [0.15, 0.2) is 5.16 Å². The summed E-state index contributed by atoms with van der Waals surface area (Å²) in [6.07, 6.45) is 3.68. The first-order valence-electron chi connectivity index (χ1n) is 7.16. The van der Waals surface area contributed by atoms with Crippen molar-refractivity contribution in [3.63, 3.8) is 0 Å². The van der Waals surface area contributed by atoms with Gasteiger partial charge in [0, 0.05) is 30.0 Å². The van der Waals surface area contributed by atoms with E-state index in [1.807, 2.05) is 49.0 Å². The molecule has 0 aliphatic heterocycles. The Bertz CT molecular complexity index is 834. The number of hydrogen-bond acceptors (Lipinski definition) is 4. The van der Waals surface area contributed by atoms with Crippen molar-refractivity contribution in [2.75, 3.05) is 5.32 Å². The van der Waals surface area contributed by atoms with Crippen molar-refractivity contribution in [3.8, 4) is 0 Å². The van der Waals surface area contributed by atoms with Crippen molar-refractivity contribution in [1.29, 1.82) is 0 Å². The lowest BCUT2D eigenvalue weighted by Gasteiger charge is -2.06. The molecule has 118 valence electrons. The summed E-state index contributed by atoms with van der Waals surface area (Å²) in [4.78, 5) is 17.6. The highest BCUT2D eigenvalue weighted by molar-refractivity contribution is 7.99. The molecule has 3 rings (SSSR count). The molecule has 0 fully saturated rings. The van der Waals surface area contributed by atoms with E-state index in [4.69, 9.17) is 4.42 Å². The maximum atomic E-state index is 12.2. The molecule has 0 saturated heterocycles. The lowest BCUT2D eigenvalue weighted by molar-refractivity contribution is 0.102. The van der Waals surface area contributed by atoms with Crippen LogP contribution in [-0.4, -0.2) is 15.5 Å². The Balaban J connectivity index is 1.69. The maximum Gasteiger partial charge on any atom is 0.259 e. The zero-order valence-electron chi connectivity index (χ0n) is 13.2. The number of aryl methyl sites for hydroxylation is 3. The highest BCUT2D eigenvalue weighted by Gasteiger charge is 2.13. The number of nitrogens with zero attached hydrogens (tertiary/aromatic N) is 2. The quantitative estimate of drug-likeness (QED) is 0.786. The summed E-state index contributed by atoms with van der Waals surface area (Å²) < 4.78 is 7.35. The van der Waals surface area contributed by atoms with E-state index >= 15 is 0 Å². The van der Waals surface area contributed by atoms with E-state index in [1.165, 1.54) is 0 Å². The predicted molar refractivity (Wildman–Crippen MR) is 89.9 cm³/mol. The number of nitrogens with one attached hydrogen (secondary N) is 1. The Labute approximate surface area is 138 Å². The van der Waals surface area contributed by atoms with Gasteiger partial charge in [0.25, 0.3) is 5.91 Å². The topological polar surface area (TPSA) is 60.1 Å². The van der Waals surface area contributed by atoms with Crippen LogP contribution in [0.4, 0.5) is 5.69 Å². The summed E-state index contributed by atoms with van der Waals surface area (Å²) >= 11 is 1.57. The van der Waals surface area contributed by atoms with Gasteiger partial charge < -0.3 is 14.3 Å². The molecule has 0 unspecified atom stereocenters. The monoisotopic (exact) mass is 327 g/mol. The third kappa shape index (κ3) is 3.48. The summed E-state index contributed by atoms with van der Waals surface area (Å²) in [5.41, 5.74) is 1.31. The Hall–Kier alpha value is -2.47. The molecule has 0 spiro atoms. The first-order chi connectivity index (χ1) is 11.0. The average molecular weight is 327 g/mol. The standard InChI is InChI=1S/C17H17N3O2S/c1-11-10-15(12(2)22-11)16(21)19-13-4-6-14(7-5-13)23-17-18-8-9-20(17)3/h4-10H,1-3H3,(H,19,21). The van der Waals surface area contributed by atoms with Crippen LogP contribution in [0.5, 0.6) is 0 Å². The molecular formula is C17H17N3O2S. The van der Waals surface area contributed by atoms with Gasteiger partial charge in [-0.05, 0) is 44.2 Å². The summed E-state index contributed by atoms with van der Waals surface area (Å²) in [5.74, 6) is 1.19. The highest BCUT2D eigenvalue weighted by atomic mass is 32.2. The molecule has 2 heterocycles. The summed E-state index contributed by atoms with van der Waals surface area (Å²) in [6.45, 7) is 3.61. The maximum absolute atomic E-state index is 12.2. The van der Waals surface area contributed by atoms with Gasteiger partial charge >= 0.3 is 0 Å². The molecule has 0 aliphatic rings. The van der Waals surface area contributed by atoms with Gasteiger partial charge in [0.05, 0.1) is 5.56 Å². The minimum Gasteiger partial charge on any atom is -0.466 e. The van der Waals surface area contributed by atoms with E-state index in [9.17, 15) is 4.79 Å². The van der Waals surface area contributed by atoms with Crippen LogP contribution in [0.25, 0.3) is 0 Å². The minimum absolute atomic E-state index is 0.163. The zero-order valence-corrected chi connectivity index (χ0v) is 14.0. The van der Waals surface area contributed by atoms with Crippen LogP contribution in [0.1, 0.15) is 21.9 Å². The van der Waals surface area contributed by atoms with Crippen molar-refractivity contribution >= 4 is 23.4 Å². The molecule has 2 aromatic heterocycles. The van der Waals surface area contributed by atoms with Gasteiger partial charge in [-0.1, -0.05) is 11.8 Å². The van der Waals surface area contributed by atoms with Crippen LogP contribution in [0.15, 0.2) is 57.2 Å². The molecule has 5 nitrogen and oxygen atoms in total. The molecule has 1 N–H and O–H groups in total. The molecule has 0 atom stereocenters. The van der Waals surface area contributed by atoms with Crippen molar-refractivity contribution < 1.29 is 9.21 Å². The second-order valence-corrected chi connectivity index (χ2v) is 6.27. The number of aromatic nitrogens is 2. The SMILES string of the molecule is Cc1cc(C(=O)Nc2ccc(Sc3nccn3C)cc2)c(C)o1. The fourth-order valence-electron chi connectivity index (χ4n) is 2.22. The van der Waals surface area contributed by atoms with Crippen molar-refractivity contribution in [2.24, 2.45) is 7.05 Å². The molecule has 0 saturated carbocycles. The summed E-state index contributed by atoms with van der Waals surface area (Å²) in [6, 6.07) is 9.43. The number of hydrogen-bond donors (Lipinski definition) is 1. The number of benzene rings is 1. The lowest BCUT2D eigenvalue weighted by atomic mass is 10.2. The molecule has 0 aliphatic carbocycles. The predicted octanol–water partition coefficient (Wildman–Crippen LogP) is 4.03. The molecule has 1 aromatic carbocycles. The number of imidazole rings is 1. The van der Waals surface area contributed by atoms with Crippen LogP contribution in [-0.2, 0) is 7.05 Å². The van der Waals surface area contributed by atoms with Crippen LogP contribution >= 0.6 is 11.8 Å². The van der Waals surface area contributed by atoms with E-state index < -0.39 is 0 Å². The smallest absolute Gasteiger partial charge is 0.259 e. The molecule has 6 heteroatoms.